The number of hydrogen-bond acceptors (Lipinski definition) is 1. The van der Waals surface area contributed by atoms with Crippen molar-refractivity contribution in [1.82, 2.24) is 0 Å². The molecule has 0 unspecified atom stereocenters. The van der Waals surface area contributed by atoms with Crippen molar-refractivity contribution < 1.29 is 9.13 Å². The van der Waals surface area contributed by atoms with Gasteiger partial charge in [0, 0.05) is 0 Å². The van der Waals surface area contributed by atoms with E-state index in [0.717, 1.165) is 30.5 Å². The summed E-state index contributed by atoms with van der Waals surface area (Å²) in [5.41, 5.74) is 1.15. The van der Waals surface area contributed by atoms with E-state index >= 15 is 0 Å². The molecule has 31 heavy (non-hydrogen) atoms. The van der Waals surface area contributed by atoms with Gasteiger partial charge in [-0.15, -0.1) is 0 Å². The van der Waals surface area contributed by atoms with E-state index in [1.165, 1.54) is 15.9 Å². The van der Waals surface area contributed by atoms with Crippen LogP contribution in [0.25, 0.3) is 0 Å². The topological polar surface area (TPSA) is 9.23 Å². The fourth-order valence-electron chi connectivity index (χ4n) is 4.22. The fraction of sp³-hybridized carbons (Fsp3) is 0.143. The Balaban J connectivity index is 1.90. The van der Waals surface area contributed by atoms with Gasteiger partial charge in [0.1, 0.15) is 0 Å². The summed E-state index contributed by atoms with van der Waals surface area (Å²) in [7, 11) is -2.41. The molecule has 0 aromatic heterocycles. The van der Waals surface area contributed by atoms with Gasteiger partial charge in [0.25, 0.3) is 0 Å². The summed E-state index contributed by atoms with van der Waals surface area (Å²) >= 11 is 0. The number of rotatable bonds is 8. The molecule has 158 valence electrons. The Labute approximate surface area is 184 Å². The molecule has 0 atom stereocenters. The first-order valence-electron chi connectivity index (χ1n) is 10.8. The molecule has 0 radical (unpaired) electrons. The summed E-state index contributed by atoms with van der Waals surface area (Å²) in [5.74, 6) is 0.698. The normalized spacial score (nSPS) is 11.8. The van der Waals surface area contributed by atoms with Gasteiger partial charge >= 0.3 is 185 Å². The van der Waals surface area contributed by atoms with Crippen LogP contribution in [0.3, 0.4) is 0 Å². The summed E-state index contributed by atoms with van der Waals surface area (Å²) in [6.45, 7) is 2.83. The van der Waals surface area contributed by atoms with Crippen molar-refractivity contribution in [2.45, 2.75) is 19.5 Å². The third-order valence-corrected chi connectivity index (χ3v) is 10.6. The van der Waals surface area contributed by atoms with E-state index < -0.39 is 7.26 Å². The molecule has 1 nitrogen and oxygen atoms in total. The molecule has 0 fully saturated rings. The van der Waals surface area contributed by atoms with Crippen molar-refractivity contribution in [3.63, 3.8) is 0 Å². The molecule has 0 spiro atoms. The van der Waals surface area contributed by atoms with E-state index in [9.17, 15) is 4.39 Å². The molecule has 0 heterocycles. The summed E-state index contributed by atoms with van der Waals surface area (Å²) in [4.78, 5) is 0. The summed E-state index contributed by atoms with van der Waals surface area (Å²) < 4.78 is 19.5. The van der Waals surface area contributed by atoms with Crippen molar-refractivity contribution in [3.8, 4) is 5.75 Å². The first-order chi connectivity index (χ1) is 15.2. The average Bonchev–Trinajstić information content (AvgIpc) is 2.84. The first-order valence-corrected chi connectivity index (χ1v) is 13.0. The molecule has 0 aliphatic rings. The van der Waals surface area contributed by atoms with Crippen LogP contribution in [-0.2, 0) is 6.16 Å². The van der Waals surface area contributed by atoms with Gasteiger partial charge in [-0.05, 0) is 0 Å². The summed E-state index contributed by atoms with van der Waals surface area (Å²) in [6, 6.07) is 37.1. The van der Waals surface area contributed by atoms with Crippen molar-refractivity contribution in [2.24, 2.45) is 0 Å². The fourth-order valence-corrected chi connectivity index (χ4v) is 8.93. The molecule has 0 saturated carbocycles. The minimum atomic E-state index is -2.41. The van der Waals surface area contributed by atoms with Crippen LogP contribution < -0.4 is 20.7 Å². The summed E-state index contributed by atoms with van der Waals surface area (Å²) in [6.07, 6.45) is 1.84. The zero-order chi connectivity index (χ0) is 21.5. The molecule has 0 bridgehead atoms. The number of hydrogen-bond donors (Lipinski definition) is 0. The van der Waals surface area contributed by atoms with Gasteiger partial charge in [0.05, 0.1) is 0 Å². The third kappa shape index (κ3) is 4.70. The van der Waals surface area contributed by atoms with Gasteiger partial charge in [0.2, 0.25) is 0 Å². The second kappa shape index (κ2) is 9.90. The molecule has 4 aromatic carbocycles. The second-order valence-corrected chi connectivity index (χ2v) is 11.7. The van der Waals surface area contributed by atoms with Crippen molar-refractivity contribution >= 4 is 23.2 Å². The number of ether oxygens (including phenoxy) is 1. The van der Waals surface area contributed by atoms with Crippen LogP contribution >= 0.6 is 7.26 Å². The molecule has 0 aliphatic heterocycles. The van der Waals surface area contributed by atoms with Crippen molar-refractivity contribution in [1.29, 1.82) is 0 Å². The Morgan fingerprint density at radius 2 is 1.16 bits per heavy atom. The van der Waals surface area contributed by atoms with E-state index in [4.69, 9.17) is 4.74 Å². The maximum atomic E-state index is 13.6. The Kier molecular flexibility index (Phi) is 6.79. The van der Waals surface area contributed by atoms with E-state index in [0.29, 0.717) is 0 Å². The van der Waals surface area contributed by atoms with Crippen molar-refractivity contribution in [3.05, 3.63) is 121 Å². The summed E-state index contributed by atoms with van der Waals surface area (Å²) in [5, 5.41) is 4.00. The average molecular weight is 431 g/mol. The van der Waals surface area contributed by atoms with Gasteiger partial charge in [-0.2, -0.15) is 0 Å². The molecular formula is C28H28FOP. The van der Waals surface area contributed by atoms with E-state index in [-0.39, 0.29) is 5.82 Å². The Bertz CT molecular complexity index is 1040. The molecule has 0 amide bonds. The first kappa shape index (κ1) is 21.3. The van der Waals surface area contributed by atoms with Gasteiger partial charge in [-0.25, -0.2) is 0 Å². The van der Waals surface area contributed by atoms with Crippen LogP contribution in [0.2, 0.25) is 0 Å². The number of benzene rings is 4. The molecule has 4 aromatic rings. The maximum absolute atomic E-state index is 13.6. The van der Waals surface area contributed by atoms with E-state index in [2.05, 4.69) is 91.9 Å². The van der Waals surface area contributed by atoms with Gasteiger partial charge in [0.15, 0.2) is 0 Å². The van der Waals surface area contributed by atoms with Gasteiger partial charge < -0.3 is 0 Å². The quantitative estimate of drug-likeness (QED) is 0.319. The van der Waals surface area contributed by atoms with E-state index in [1.54, 1.807) is 12.1 Å². The SMILES string of the molecule is CCCOc1ccc([PH](Cc2ccc(F)cc2)(c2ccccc2)c2ccccc2)cc1. The Morgan fingerprint density at radius 3 is 1.68 bits per heavy atom. The minimum absolute atomic E-state index is 0.201. The zero-order valence-electron chi connectivity index (χ0n) is 17.8. The predicted octanol–water partition coefficient (Wildman–Crippen LogP) is 5.84. The molecule has 4 rings (SSSR count). The van der Waals surface area contributed by atoms with Crippen LogP contribution in [0.4, 0.5) is 4.39 Å². The molecule has 0 aliphatic carbocycles. The standard InChI is InChI=1S/C28H28FOP/c1-2-21-30-25-17-19-28(20-18-25)31(26-9-5-3-6-10-26,27-11-7-4-8-12-27)22-23-13-15-24(29)16-14-23/h3-20,31H,2,21-22H2,1H3. The molecule has 0 saturated heterocycles. The van der Waals surface area contributed by atoms with Gasteiger partial charge in [-0.3, -0.25) is 0 Å². The third-order valence-electron chi connectivity index (χ3n) is 5.74. The molecule has 0 N–H and O–H groups in total. The second-order valence-electron chi connectivity index (χ2n) is 7.81. The number of halogens is 1. The predicted molar refractivity (Wildman–Crippen MR) is 132 cm³/mol. The molecule has 3 heteroatoms. The van der Waals surface area contributed by atoms with Crippen LogP contribution in [0, 0.1) is 5.82 Å². The van der Waals surface area contributed by atoms with E-state index in [1.807, 2.05) is 12.1 Å². The monoisotopic (exact) mass is 430 g/mol. The van der Waals surface area contributed by atoms with Crippen LogP contribution in [0.15, 0.2) is 109 Å². The van der Waals surface area contributed by atoms with Crippen molar-refractivity contribution in [2.75, 3.05) is 6.61 Å². The Morgan fingerprint density at radius 1 is 0.645 bits per heavy atom. The molecular weight excluding hydrogens is 402 g/mol. The van der Waals surface area contributed by atoms with Gasteiger partial charge in [-0.1, -0.05) is 0 Å². The zero-order valence-corrected chi connectivity index (χ0v) is 18.8. The van der Waals surface area contributed by atoms with Crippen LogP contribution in [0.1, 0.15) is 18.9 Å². The van der Waals surface area contributed by atoms with Crippen LogP contribution in [-0.4, -0.2) is 6.61 Å². The van der Waals surface area contributed by atoms with Crippen LogP contribution in [0.5, 0.6) is 5.75 Å². The Hall–Kier alpha value is -2.96.